The van der Waals surface area contributed by atoms with Gasteiger partial charge in [0.25, 0.3) is 0 Å². The second kappa shape index (κ2) is 10.4. The van der Waals surface area contributed by atoms with Gasteiger partial charge in [-0.25, -0.2) is 13.1 Å². The van der Waals surface area contributed by atoms with E-state index >= 15 is 0 Å². The van der Waals surface area contributed by atoms with Gasteiger partial charge in [0.2, 0.25) is 10.0 Å². The van der Waals surface area contributed by atoms with Crippen LogP contribution in [0, 0.1) is 0 Å². The highest BCUT2D eigenvalue weighted by Gasteiger charge is 2.17. The van der Waals surface area contributed by atoms with Crippen molar-refractivity contribution in [2.75, 3.05) is 40.5 Å². The fourth-order valence-corrected chi connectivity index (χ4v) is 3.48. The Bertz CT molecular complexity index is 528. The first kappa shape index (κ1) is 20.6. The van der Waals surface area contributed by atoms with Crippen molar-refractivity contribution in [3.63, 3.8) is 0 Å². The lowest BCUT2D eigenvalue weighted by Gasteiger charge is -2.10. The van der Waals surface area contributed by atoms with Crippen molar-refractivity contribution in [3.05, 3.63) is 22.7 Å². The SMILES string of the molecule is COCCNCCNS(=O)(=O)c1cc(OC)ccc1Br.Cl. The Morgan fingerprint density at radius 3 is 2.52 bits per heavy atom. The van der Waals surface area contributed by atoms with Crippen molar-refractivity contribution in [2.24, 2.45) is 0 Å². The molecule has 0 heterocycles. The van der Waals surface area contributed by atoms with Gasteiger partial charge in [0.1, 0.15) is 5.75 Å². The number of halogens is 2. The Balaban J connectivity index is 0.00000400. The molecular formula is C12H20BrClN2O4S. The quantitative estimate of drug-likeness (QED) is 0.609. The summed E-state index contributed by atoms with van der Waals surface area (Å²) in [7, 11) is -0.456. The fourth-order valence-electron chi connectivity index (χ4n) is 1.47. The monoisotopic (exact) mass is 402 g/mol. The van der Waals surface area contributed by atoms with E-state index in [0.29, 0.717) is 36.5 Å². The fraction of sp³-hybridized carbons (Fsp3) is 0.500. The van der Waals surface area contributed by atoms with Gasteiger partial charge in [-0.3, -0.25) is 0 Å². The highest BCUT2D eigenvalue weighted by Crippen LogP contribution is 2.26. The van der Waals surface area contributed by atoms with Gasteiger partial charge in [-0.2, -0.15) is 0 Å². The Kier molecular flexibility index (Phi) is 10.2. The van der Waals surface area contributed by atoms with E-state index in [9.17, 15) is 8.42 Å². The van der Waals surface area contributed by atoms with E-state index in [-0.39, 0.29) is 17.3 Å². The molecule has 0 aliphatic carbocycles. The van der Waals surface area contributed by atoms with Gasteiger partial charge in [0.15, 0.2) is 0 Å². The van der Waals surface area contributed by atoms with Crippen LogP contribution in [0.3, 0.4) is 0 Å². The first-order valence-corrected chi connectivity index (χ1v) is 8.31. The Morgan fingerprint density at radius 1 is 1.19 bits per heavy atom. The molecule has 6 nitrogen and oxygen atoms in total. The molecule has 0 saturated carbocycles. The summed E-state index contributed by atoms with van der Waals surface area (Å²) in [5, 5.41) is 3.06. The molecule has 1 aromatic carbocycles. The third kappa shape index (κ3) is 6.94. The molecule has 0 saturated heterocycles. The molecule has 0 aliphatic rings. The molecule has 0 amide bonds. The summed E-state index contributed by atoms with van der Waals surface area (Å²) in [6.07, 6.45) is 0. The van der Waals surface area contributed by atoms with Gasteiger partial charge >= 0.3 is 0 Å². The van der Waals surface area contributed by atoms with Crippen LogP contribution in [0.5, 0.6) is 5.75 Å². The van der Waals surface area contributed by atoms with Crippen molar-refractivity contribution >= 4 is 38.4 Å². The first-order valence-electron chi connectivity index (χ1n) is 6.04. The second-order valence-electron chi connectivity index (χ2n) is 3.94. The predicted molar refractivity (Wildman–Crippen MR) is 87.9 cm³/mol. The number of benzene rings is 1. The number of nitrogens with one attached hydrogen (secondary N) is 2. The Morgan fingerprint density at radius 2 is 1.90 bits per heavy atom. The van der Waals surface area contributed by atoms with Gasteiger partial charge < -0.3 is 14.8 Å². The van der Waals surface area contributed by atoms with E-state index in [2.05, 4.69) is 26.0 Å². The van der Waals surface area contributed by atoms with E-state index in [1.54, 1.807) is 19.2 Å². The van der Waals surface area contributed by atoms with E-state index in [0.717, 1.165) is 0 Å². The van der Waals surface area contributed by atoms with Crippen molar-refractivity contribution in [1.82, 2.24) is 10.0 Å². The molecule has 122 valence electrons. The smallest absolute Gasteiger partial charge is 0.241 e. The molecule has 0 bridgehead atoms. The molecule has 0 fully saturated rings. The van der Waals surface area contributed by atoms with Crippen LogP contribution in [0.2, 0.25) is 0 Å². The minimum absolute atomic E-state index is 0. The van der Waals surface area contributed by atoms with Crippen LogP contribution < -0.4 is 14.8 Å². The van der Waals surface area contributed by atoms with Gasteiger partial charge in [-0.05, 0) is 28.1 Å². The summed E-state index contributed by atoms with van der Waals surface area (Å²) >= 11 is 3.23. The minimum atomic E-state index is -3.56. The summed E-state index contributed by atoms with van der Waals surface area (Å²) in [6, 6.07) is 4.81. The van der Waals surface area contributed by atoms with Crippen LogP contribution >= 0.6 is 28.3 Å². The molecule has 1 rings (SSSR count). The zero-order valence-electron chi connectivity index (χ0n) is 11.9. The van der Waals surface area contributed by atoms with Crippen molar-refractivity contribution in [1.29, 1.82) is 0 Å². The zero-order chi connectivity index (χ0) is 15.0. The maximum atomic E-state index is 12.2. The molecule has 0 radical (unpaired) electrons. The largest absolute Gasteiger partial charge is 0.497 e. The summed E-state index contributed by atoms with van der Waals surface area (Å²) in [5.74, 6) is 0.492. The summed E-state index contributed by atoms with van der Waals surface area (Å²) < 4.78 is 37.3. The highest BCUT2D eigenvalue weighted by molar-refractivity contribution is 9.10. The third-order valence-electron chi connectivity index (χ3n) is 2.50. The normalized spacial score (nSPS) is 11.0. The maximum Gasteiger partial charge on any atom is 0.241 e. The standard InChI is InChI=1S/C12H19BrN2O4S.ClH/c1-18-8-7-14-5-6-15-20(16,17)12-9-10(19-2)3-4-11(12)13;/h3-4,9,14-15H,5-8H2,1-2H3;1H. The van der Waals surface area contributed by atoms with Crippen LogP contribution in [0.25, 0.3) is 0 Å². The lowest BCUT2D eigenvalue weighted by atomic mass is 10.3. The second-order valence-corrected chi connectivity index (χ2v) is 6.53. The number of hydrogen-bond donors (Lipinski definition) is 2. The zero-order valence-corrected chi connectivity index (χ0v) is 15.1. The summed E-state index contributed by atoms with van der Waals surface area (Å²) in [6.45, 7) is 2.11. The average Bonchev–Trinajstić information content (AvgIpc) is 2.43. The maximum absolute atomic E-state index is 12.2. The summed E-state index contributed by atoms with van der Waals surface area (Å²) in [5.41, 5.74) is 0. The van der Waals surface area contributed by atoms with Gasteiger partial charge in [0, 0.05) is 37.3 Å². The van der Waals surface area contributed by atoms with E-state index in [1.165, 1.54) is 13.2 Å². The first-order chi connectivity index (χ1) is 9.51. The van der Waals surface area contributed by atoms with Gasteiger partial charge in [-0.1, -0.05) is 0 Å². The number of rotatable bonds is 9. The summed E-state index contributed by atoms with van der Waals surface area (Å²) in [4.78, 5) is 0.161. The molecule has 0 aromatic heterocycles. The van der Waals surface area contributed by atoms with E-state index in [4.69, 9.17) is 9.47 Å². The van der Waals surface area contributed by atoms with Crippen LogP contribution in [0.15, 0.2) is 27.6 Å². The molecule has 1 aromatic rings. The van der Waals surface area contributed by atoms with Crippen LogP contribution in [-0.4, -0.2) is 48.9 Å². The van der Waals surface area contributed by atoms with E-state index < -0.39 is 10.0 Å². The lowest BCUT2D eigenvalue weighted by molar-refractivity contribution is 0.199. The van der Waals surface area contributed by atoms with Gasteiger partial charge in [0.05, 0.1) is 18.6 Å². The topological polar surface area (TPSA) is 76.7 Å². The number of ether oxygens (including phenoxy) is 2. The molecule has 0 spiro atoms. The molecule has 0 atom stereocenters. The minimum Gasteiger partial charge on any atom is -0.497 e. The molecular weight excluding hydrogens is 384 g/mol. The molecule has 9 heteroatoms. The van der Waals surface area contributed by atoms with Crippen LogP contribution in [0.4, 0.5) is 0 Å². The predicted octanol–water partition coefficient (Wildman–Crippen LogP) is 1.39. The van der Waals surface area contributed by atoms with Crippen molar-refractivity contribution in [3.8, 4) is 5.75 Å². The average molecular weight is 404 g/mol. The molecule has 21 heavy (non-hydrogen) atoms. The van der Waals surface area contributed by atoms with Crippen molar-refractivity contribution < 1.29 is 17.9 Å². The number of sulfonamides is 1. The third-order valence-corrected chi connectivity index (χ3v) is 4.96. The van der Waals surface area contributed by atoms with Gasteiger partial charge in [-0.15, -0.1) is 12.4 Å². The Hall–Kier alpha value is -0.380. The Labute approximate surface area is 140 Å². The highest BCUT2D eigenvalue weighted by atomic mass is 79.9. The number of hydrogen-bond acceptors (Lipinski definition) is 5. The molecule has 0 aliphatic heterocycles. The van der Waals surface area contributed by atoms with Crippen LogP contribution in [0.1, 0.15) is 0 Å². The van der Waals surface area contributed by atoms with E-state index in [1.807, 2.05) is 0 Å². The van der Waals surface area contributed by atoms with Crippen LogP contribution in [-0.2, 0) is 14.8 Å². The molecule has 2 N–H and O–H groups in total. The number of methoxy groups -OCH3 is 2. The molecule has 0 unspecified atom stereocenters. The lowest BCUT2D eigenvalue weighted by Crippen LogP contribution is -2.33. The van der Waals surface area contributed by atoms with Crippen molar-refractivity contribution in [2.45, 2.75) is 4.90 Å².